The van der Waals surface area contributed by atoms with Crippen molar-refractivity contribution in [2.24, 2.45) is 0 Å². The van der Waals surface area contributed by atoms with Crippen LogP contribution in [0.15, 0.2) is 36.4 Å². The summed E-state index contributed by atoms with van der Waals surface area (Å²) < 4.78 is 27.1. The molecule has 3 amide bonds. The van der Waals surface area contributed by atoms with E-state index in [4.69, 9.17) is 11.6 Å². The minimum absolute atomic E-state index is 0.0547. The summed E-state index contributed by atoms with van der Waals surface area (Å²) in [7, 11) is 0. The lowest BCUT2D eigenvalue weighted by atomic mass is 10.1. The van der Waals surface area contributed by atoms with Crippen LogP contribution in [0.5, 0.6) is 0 Å². The molecule has 2 atom stereocenters. The molecule has 0 saturated heterocycles. The van der Waals surface area contributed by atoms with Gasteiger partial charge in [0, 0.05) is 27.9 Å². The van der Waals surface area contributed by atoms with Crippen LogP contribution in [-0.2, 0) is 11.3 Å². The van der Waals surface area contributed by atoms with Crippen molar-refractivity contribution in [1.29, 1.82) is 0 Å². The zero-order chi connectivity index (χ0) is 20.4. The van der Waals surface area contributed by atoms with E-state index >= 15 is 0 Å². The van der Waals surface area contributed by atoms with Gasteiger partial charge < -0.3 is 20.6 Å². The van der Waals surface area contributed by atoms with E-state index in [-0.39, 0.29) is 12.1 Å². The third-order valence-electron chi connectivity index (χ3n) is 4.63. The molecule has 148 valence electrons. The van der Waals surface area contributed by atoms with Crippen molar-refractivity contribution in [2.45, 2.75) is 25.6 Å². The van der Waals surface area contributed by atoms with Crippen molar-refractivity contribution in [1.82, 2.24) is 10.2 Å². The second-order valence-corrected chi connectivity index (χ2v) is 6.82. The molecule has 28 heavy (non-hydrogen) atoms. The molecule has 6 nitrogen and oxygen atoms in total. The van der Waals surface area contributed by atoms with Gasteiger partial charge in [0.1, 0.15) is 17.7 Å². The fraction of sp³-hybridized carbons (Fsp3) is 0.263. The number of aliphatic hydroxyl groups excluding tert-OH is 1. The van der Waals surface area contributed by atoms with Gasteiger partial charge in [0.2, 0.25) is 5.91 Å². The largest absolute Gasteiger partial charge is 0.394 e. The summed E-state index contributed by atoms with van der Waals surface area (Å²) in [6.07, 6.45) is 0. The molecule has 1 aliphatic rings. The quantitative estimate of drug-likeness (QED) is 0.709. The van der Waals surface area contributed by atoms with E-state index in [1.54, 1.807) is 18.2 Å². The summed E-state index contributed by atoms with van der Waals surface area (Å²) in [5.41, 5.74) is 1.19. The Morgan fingerprint density at radius 1 is 1.36 bits per heavy atom. The summed E-state index contributed by atoms with van der Waals surface area (Å²) in [5, 5.41) is 15.2. The minimum Gasteiger partial charge on any atom is -0.394 e. The Morgan fingerprint density at radius 2 is 2.11 bits per heavy atom. The van der Waals surface area contributed by atoms with Crippen LogP contribution in [0.4, 0.5) is 19.3 Å². The lowest BCUT2D eigenvalue weighted by molar-refractivity contribution is -0.126. The van der Waals surface area contributed by atoms with Crippen LogP contribution in [0, 0.1) is 11.6 Å². The highest BCUT2D eigenvalue weighted by molar-refractivity contribution is 6.32. The first kappa shape index (κ1) is 20.0. The van der Waals surface area contributed by atoms with Crippen LogP contribution in [-0.4, -0.2) is 34.6 Å². The first-order chi connectivity index (χ1) is 13.3. The van der Waals surface area contributed by atoms with Gasteiger partial charge in [-0.15, -0.1) is 0 Å². The second kappa shape index (κ2) is 8.12. The van der Waals surface area contributed by atoms with Crippen molar-refractivity contribution in [3.63, 3.8) is 0 Å². The summed E-state index contributed by atoms with van der Waals surface area (Å²) in [6, 6.07) is 5.46. The fourth-order valence-electron chi connectivity index (χ4n) is 3.02. The number of aliphatic hydroxyl groups is 1. The molecule has 9 heteroatoms. The van der Waals surface area contributed by atoms with E-state index in [1.807, 2.05) is 0 Å². The number of nitrogens with one attached hydrogen (secondary N) is 2. The molecule has 0 spiro atoms. The number of rotatable bonds is 5. The summed E-state index contributed by atoms with van der Waals surface area (Å²) in [4.78, 5) is 26.3. The van der Waals surface area contributed by atoms with Gasteiger partial charge in [-0.1, -0.05) is 23.7 Å². The molecule has 0 aromatic heterocycles. The van der Waals surface area contributed by atoms with E-state index < -0.39 is 42.3 Å². The fourth-order valence-corrected chi connectivity index (χ4v) is 3.25. The normalized spacial score (nSPS) is 15.5. The van der Waals surface area contributed by atoms with Gasteiger partial charge in [-0.05, 0) is 25.1 Å². The third kappa shape index (κ3) is 3.93. The Kier molecular flexibility index (Phi) is 5.81. The van der Waals surface area contributed by atoms with E-state index in [1.165, 1.54) is 11.8 Å². The van der Waals surface area contributed by atoms with E-state index in [2.05, 4.69) is 10.6 Å². The number of carbonyl (C=O) groups is 2. The number of urea groups is 1. The Morgan fingerprint density at radius 3 is 2.79 bits per heavy atom. The minimum atomic E-state index is -1.08. The highest BCUT2D eigenvalue weighted by atomic mass is 35.5. The van der Waals surface area contributed by atoms with Crippen LogP contribution in [0.25, 0.3) is 0 Å². The van der Waals surface area contributed by atoms with Crippen molar-refractivity contribution in [2.75, 3.05) is 11.9 Å². The number of hydrogen-bond donors (Lipinski definition) is 3. The van der Waals surface area contributed by atoms with Crippen molar-refractivity contribution in [3.8, 4) is 0 Å². The number of fused-ring (bicyclic) bond motifs is 1. The van der Waals surface area contributed by atoms with Gasteiger partial charge in [-0.3, -0.25) is 4.79 Å². The van der Waals surface area contributed by atoms with Gasteiger partial charge in [-0.2, -0.15) is 0 Å². The first-order valence-electron chi connectivity index (χ1n) is 8.53. The average molecular weight is 410 g/mol. The number of nitrogens with zero attached hydrogens (tertiary/aromatic N) is 1. The molecule has 2 aromatic rings. The highest BCUT2D eigenvalue weighted by Crippen LogP contribution is 2.30. The highest BCUT2D eigenvalue weighted by Gasteiger charge is 2.32. The Balaban J connectivity index is 1.76. The molecule has 1 heterocycles. The van der Waals surface area contributed by atoms with Crippen LogP contribution in [0.3, 0.4) is 0 Å². The number of halogens is 3. The molecule has 1 aliphatic heterocycles. The van der Waals surface area contributed by atoms with E-state index in [9.17, 15) is 23.5 Å². The van der Waals surface area contributed by atoms with E-state index in [0.29, 0.717) is 22.3 Å². The molecule has 0 aliphatic carbocycles. The monoisotopic (exact) mass is 409 g/mol. The Hall–Kier alpha value is -2.71. The van der Waals surface area contributed by atoms with Crippen LogP contribution < -0.4 is 10.6 Å². The summed E-state index contributed by atoms with van der Waals surface area (Å²) in [5.74, 6) is -2.25. The number of amides is 3. The molecule has 2 aromatic carbocycles. The Bertz CT molecular complexity index is 925. The van der Waals surface area contributed by atoms with Crippen LogP contribution >= 0.6 is 11.6 Å². The lowest BCUT2D eigenvalue weighted by Crippen LogP contribution is -2.51. The predicted octanol–water partition coefficient (Wildman–Crippen LogP) is 3.20. The van der Waals surface area contributed by atoms with Crippen molar-refractivity contribution >= 4 is 29.2 Å². The summed E-state index contributed by atoms with van der Waals surface area (Å²) >= 11 is 6.17. The molecular formula is C19H18ClF2N3O3. The van der Waals surface area contributed by atoms with Crippen molar-refractivity contribution in [3.05, 3.63) is 64.2 Å². The summed E-state index contributed by atoms with van der Waals surface area (Å²) in [6.45, 7) is 1.03. The maximum atomic E-state index is 14.0. The zero-order valence-corrected chi connectivity index (χ0v) is 15.6. The smallest absolute Gasteiger partial charge is 0.322 e. The second-order valence-electron chi connectivity index (χ2n) is 6.41. The standard InChI is InChI=1S/C19H18ClF2N3O3/c1-10(25-8-13-14(20)3-2-4-16(13)24-19(25)28)18(27)23-17(9-26)12-6-5-11(21)7-15(12)22/h2-7,10,17,26H,8-9H2,1H3,(H,23,27)(H,24,28)/t10-,17-/m1/s1. The van der Waals surface area contributed by atoms with E-state index in [0.717, 1.165) is 12.1 Å². The van der Waals surface area contributed by atoms with Gasteiger partial charge in [-0.25, -0.2) is 13.6 Å². The molecular weight excluding hydrogens is 392 g/mol. The maximum absolute atomic E-state index is 14.0. The topological polar surface area (TPSA) is 81.7 Å². The molecule has 0 bridgehead atoms. The predicted molar refractivity (Wildman–Crippen MR) is 99.8 cm³/mol. The van der Waals surface area contributed by atoms with Gasteiger partial charge in [0.15, 0.2) is 0 Å². The zero-order valence-electron chi connectivity index (χ0n) is 14.9. The average Bonchev–Trinajstić information content (AvgIpc) is 2.65. The van der Waals surface area contributed by atoms with Gasteiger partial charge >= 0.3 is 6.03 Å². The van der Waals surface area contributed by atoms with Crippen molar-refractivity contribution < 1.29 is 23.5 Å². The number of hydrogen-bond acceptors (Lipinski definition) is 3. The molecule has 3 N–H and O–H groups in total. The molecule has 0 radical (unpaired) electrons. The SMILES string of the molecule is C[C@H](C(=O)N[C@H](CO)c1ccc(F)cc1F)N1Cc2c(Cl)cccc2NC1=O. The number of anilines is 1. The molecule has 3 rings (SSSR count). The number of benzene rings is 2. The first-order valence-corrected chi connectivity index (χ1v) is 8.90. The number of carbonyl (C=O) groups excluding carboxylic acids is 2. The van der Waals surface area contributed by atoms with Crippen LogP contribution in [0.2, 0.25) is 5.02 Å². The lowest BCUT2D eigenvalue weighted by Gasteiger charge is -2.34. The molecule has 0 saturated carbocycles. The Labute approximate surface area is 165 Å². The molecule has 0 fully saturated rings. The van der Waals surface area contributed by atoms with Crippen LogP contribution in [0.1, 0.15) is 24.1 Å². The molecule has 0 unspecified atom stereocenters. The van der Waals surface area contributed by atoms with Gasteiger partial charge in [0.05, 0.1) is 19.2 Å². The maximum Gasteiger partial charge on any atom is 0.322 e. The van der Waals surface area contributed by atoms with Gasteiger partial charge in [0.25, 0.3) is 0 Å². The third-order valence-corrected chi connectivity index (χ3v) is 4.99.